The predicted molar refractivity (Wildman–Crippen MR) is 130 cm³/mol. The maximum atomic E-state index is 13.0. The highest BCUT2D eigenvalue weighted by atomic mass is 35.5. The van der Waals surface area contributed by atoms with Gasteiger partial charge in [-0.2, -0.15) is 13.2 Å². The number of alkyl carbamates (subject to hydrolysis) is 1. The van der Waals surface area contributed by atoms with Gasteiger partial charge in [0.1, 0.15) is 6.61 Å². The van der Waals surface area contributed by atoms with E-state index < -0.39 is 42.0 Å². The molecular formula is C22H26ClF3N4O6S. The number of esters is 1. The Morgan fingerprint density at radius 2 is 1.95 bits per heavy atom. The Hall–Kier alpha value is -3.10. The quantitative estimate of drug-likeness (QED) is 0.324. The number of carbonyl (C=O) groups is 3. The van der Waals surface area contributed by atoms with Gasteiger partial charge >= 0.3 is 24.2 Å². The summed E-state index contributed by atoms with van der Waals surface area (Å²) in [7, 11) is 3.63. The number of hydrogen-bond acceptors (Lipinski definition) is 8. The SMILES string of the molecule is CC1=C(C(=O)OCCc2cccc(Cl)c2)C(COC(=O)NCCN(C)C)NC(=S)N1OC(=O)C(F)(F)F. The van der Waals surface area contributed by atoms with Gasteiger partial charge in [0.05, 0.1) is 23.9 Å². The summed E-state index contributed by atoms with van der Waals surface area (Å²) in [5, 5.41) is 5.48. The van der Waals surface area contributed by atoms with E-state index >= 15 is 0 Å². The van der Waals surface area contributed by atoms with Crippen LogP contribution in [0.2, 0.25) is 5.02 Å². The van der Waals surface area contributed by atoms with Gasteiger partial charge in [0.2, 0.25) is 5.11 Å². The Balaban J connectivity index is 2.18. The van der Waals surface area contributed by atoms with Crippen LogP contribution in [0.5, 0.6) is 0 Å². The maximum absolute atomic E-state index is 13.0. The van der Waals surface area contributed by atoms with Crippen molar-refractivity contribution in [3.63, 3.8) is 0 Å². The van der Waals surface area contributed by atoms with Crippen LogP contribution in [0.4, 0.5) is 18.0 Å². The predicted octanol–water partition coefficient (Wildman–Crippen LogP) is 2.57. The number of carbonyl (C=O) groups excluding carboxylic acids is 3. The molecule has 0 fully saturated rings. The third-order valence-electron chi connectivity index (χ3n) is 4.87. The standard InChI is InChI=1S/C22H26ClF3N4O6S/c1-13-17(18(31)34-10-7-14-5-4-6-15(23)11-14)16(12-35-21(33)27-8-9-29(2)3)28-20(37)30(13)36-19(32)22(24,25)26/h4-6,11,16H,7-10,12H2,1-3H3,(H,27,33)(H,28,37). The number of likely N-dealkylation sites (N-methyl/N-ethyl adjacent to an activating group) is 1. The molecule has 1 unspecified atom stereocenters. The van der Waals surface area contributed by atoms with Gasteiger partial charge in [-0.3, -0.25) is 0 Å². The van der Waals surface area contributed by atoms with Crippen LogP contribution in [0, 0.1) is 0 Å². The number of amides is 1. The van der Waals surface area contributed by atoms with Crippen LogP contribution in [-0.4, -0.2) is 85.7 Å². The van der Waals surface area contributed by atoms with Crippen LogP contribution in [0.15, 0.2) is 35.5 Å². The Morgan fingerprint density at radius 1 is 1.24 bits per heavy atom. The van der Waals surface area contributed by atoms with Gasteiger partial charge in [0, 0.05) is 24.5 Å². The minimum Gasteiger partial charge on any atom is -0.462 e. The van der Waals surface area contributed by atoms with Gasteiger partial charge in [-0.1, -0.05) is 23.7 Å². The zero-order chi connectivity index (χ0) is 27.8. The lowest BCUT2D eigenvalue weighted by Gasteiger charge is -2.35. The molecule has 37 heavy (non-hydrogen) atoms. The van der Waals surface area contributed by atoms with Gasteiger partial charge in [0.15, 0.2) is 0 Å². The first-order chi connectivity index (χ1) is 17.3. The van der Waals surface area contributed by atoms with Gasteiger partial charge in [-0.25, -0.2) is 14.4 Å². The number of ether oxygens (including phenoxy) is 2. The van der Waals surface area contributed by atoms with Crippen molar-refractivity contribution in [2.24, 2.45) is 0 Å². The Morgan fingerprint density at radius 3 is 2.57 bits per heavy atom. The number of thiocarbonyl (C=S) groups is 1. The molecule has 0 aromatic heterocycles. The van der Waals surface area contributed by atoms with E-state index in [-0.39, 0.29) is 24.4 Å². The molecule has 15 heteroatoms. The number of halogens is 4. The fourth-order valence-corrected chi connectivity index (χ4v) is 3.61. The summed E-state index contributed by atoms with van der Waals surface area (Å²) >= 11 is 11.0. The highest BCUT2D eigenvalue weighted by Gasteiger charge is 2.45. The second-order valence-corrected chi connectivity index (χ2v) is 8.84. The second kappa shape index (κ2) is 13.4. The van der Waals surface area contributed by atoms with E-state index in [2.05, 4.69) is 15.5 Å². The molecule has 0 aliphatic carbocycles. The molecule has 0 bridgehead atoms. The van der Waals surface area contributed by atoms with Crippen molar-refractivity contribution >= 4 is 47.0 Å². The zero-order valence-electron chi connectivity index (χ0n) is 20.2. The lowest BCUT2D eigenvalue weighted by atomic mass is 10.0. The van der Waals surface area contributed by atoms with Crippen molar-refractivity contribution in [1.29, 1.82) is 0 Å². The Kier molecular flexibility index (Phi) is 10.9. The van der Waals surface area contributed by atoms with E-state index in [1.807, 2.05) is 19.0 Å². The Labute approximate surface area is 221 Å². The number of alkyl halides is 3. The summed E-state index contributed by atoms with van der Waals surface area (Å²) in [5.41, 5.74) is 0.301. The van der Waals surface area contributed by atoms with Crippen molar-refractivity contribution in [2.75, 3.05) is 40.4 Å². The monoisotopic (exact) mass is 566 g/mol. The van der Waals surface area contributed by atoms with Crippen molar-refractivity contribution in [3.05, 3.63) is 46.1 Å². The average molecular weight is 567 g/mol. The fourth-order valence-electron chi connectivity index (χ4n) is 3.08. The van der Waals surface area contributed by atoms with E-state index in [1.54, 1.807) is 24.3 Å². The molecule has 0 spiro atoms. The minimum atomic E-state index is -5.31. The van der Waals surface area contributed by atoms with Crippen molar-refractivity contribution in [2.45, 2.75) is 25.6 Å². The van der Waals surface area contributed by atoms with Crippen molar-refractivity contribution in [3.8, 4) is 0 Å². The summed E-state index contributed by atoms with van der Waals surface area (Å²) in [6.45, 7) is 1.53. The molecule has 0 radical (unpaired) electrons. The number of hydroxylamine groups is 2. The van der Waals surface area contributed by atoms with E-state index in [9.17, 15) is 27.6 Å². The average Bonchev–Trinajstić information content (AvgIpc) is 2.79. The normalized spacial score (nSPS) is 15.8. The van der Waals surface area contributed by atoms with E-state index in [0.29, 0.717) is 23.1 Å². The van der Waals surface area contributed by atoms with Crippen LogP contribution in [0.1, 0.15) is 12.5 Å². The van der Waals surface area contributed by atoms with Crippen LogP contribution < -0.4 is 10.6 Å². The summed E-state index contributed by atoms with van der Waals surface area (Å²) in [4.78, 5) is 42.6. The van der Waals surface area contributed by atoms with Gasteiger partial charge < -0.3 is 29.8 Å². The first-order valence-corrected chi connectivity index (χ1v) is 11.7. The van der Waals surface area contributed by atoms with Crippen LogP contribution in [0.3, 0.4) is 0 Å². The summed E-state index contributed by atoms with van der Waals surface area (Å²) in [6, 6.07) is 5.77. The van der Waals surface area contributed by atoms with Gasteiger partial charge in [-0.05, 0) is 50.9 Å². The molecular weight excluding hydrogens is 541 g/mol. The summed E-state index contributed by atoms with van der Waals surface area (Å²) in [6.07, 6.45) is -5.79. The third kappa shape index (κ3) is 9.37. The molecule has 10 nitrogen and oxygen atoms in total. The van der Waals surface area contributed by atoms with E-state index in [4.69, 9.17) is 33.3 Å². The number of hydrogen-bond donors (Lipinski definition) is 2. The van der Waals surface area contributed by atoms with Gasteiger partial charge in [-0.15, -0.1) is 5.06 Å². The molecule has 1 atom stereocenters. The lowest BCUT2D eigenvalue weighted by Crippen LogP contribution is -2.55. The van der Waals surface area contributed by atoms with Crippen molar-refractivity contribution in [1.82, 2.24) is 20.6 Å². The Bertz CT molecular complexity index is 1050. The first-order valence-electron chi connectivity index (χ1n) is 10.9. The maximum Gasteiger partial charge on any atom is 0.493 e. The molecule has 2 rings (SSSR count). The molecule has 0 saturated heterocycles. The smallest absolute Gasteiger partial charge is 0.462 e. The van der Waals surface area contributed by atoms with Crippen LogP contribution in [-0.2, 0) is 30.3 Å². The zero-order valence-corrected chi connectivity index (χ0v) is 21.8. The first kappa shape index (κ1) is 30.1. The highest BCUT2D eigenvalue weighted by molar-refractivity contribution is 7.80. The number of benzene rings is 1. The second-order valence-electron chi connectivity index (χ2n) is 8.02. The minimum absolute atomic E-state index is 0.0959. The van der Waals surface area contributed by atoms with Crippen LogP contribution >= 0.6 is 23.8 Å². The van der Waals surface area contributed by atoms with E-state index in [1.165, 1.54) is 6.92 Å². The fraction of sp³-hybridized carbons (Fsp3) is 0.455. The molecule has 1 aromatic carbocycles. The third-order valence-corrected chi connectivity index (χ3v) is 5.39. The number of nitrogens with zero attached hydrogens (tertiary/aromatic N) is 2. The number of rotatable bonds is 10. The molecule has 1 aliphatic heterocycles. The lowest BCUT2D eigenvalue weighted by molar-refractivity contribution is -0.221. The molecule has 204 valence electrons. The number of allylic oxidation sites excluding steroid dienone is 1. The molecule has 1 aliphatic rings. The van der Waals surface area contributed by atoms with E-state index in [0.717, 1.165) is 5.56 Å². The highest BCUT2D eigenvalue weighted by Crippen LogP contribution is 2.25. The van der Waals surface area contributed by atoms with Crippen molar-refractivity contribution < 1.29 is 41.9 Å². The molecule has 0 saturated carbocycles. The topological polar surface area (TPSA) is 109 Å². The van der Waals surface area contributed by atoms with Crippen LogP contribution in [0.25, 0.3) is 0 Å². The van der Waals surface area contributed by atoms with Gasteiger partial charge in [0.25, 0.3) is 0 Å². The summed E-state index contributed by atoms with van der Waals surface area (Å²) in [5.74, 6) is -3.48. The molecule has 1 amide bonds. The molecule has 1 heterocycles. The molecule has 1 aromatic rings. The molecule has 2 N–H and O–H groups in total. The summed E-state index contributed by atoms with van der Waals surface area (Å²) < 4.78 is 48.7. The largest absolute Gasteiger partial charge is 0.493 e. The number of nitrogens with one attached hydrogen (secondary N) is 2.